The second-order valence-electron chi connectivity index (χ2n) is 4.34. The summed E-state index contributed by atoms with van der Waals surface area (Å²) in [6.45, 7) is 0. The van der Waals surface area contributed by atoms with Gasteiger partial charge in [0.1, 0.15) is 0 Å². The third-order valence-electron chi connectivity index (χ3n) is 2.94. The molecule has 0 saturated carbocycles. The molecule has 0 radical (unpaired) electrons. The van der Waals surface area contributed by atoms with Crippen molar-refractivity contribution in [2.75, 3.05) is 0 Å². The summed E-state index contributed by atoms with van der Waals surface area (Å²) in [6.07, 6.45) is -0.675. The Morgan fingerprint density at radius 1 is 0.947 bits per heavy atom. The van der Waals surface area contributed by atoms with Crippen LogP contribution in [0.4, 0.5) is 0 Å². The van der Waals surface area contributed by atoms with Gasteiger partial charge in [0.05, 0.1) is 0 Å². The van der Waals surface area contributed by atoms with Crippen LogP contribution in [-0.4, -0.2) is 18.0 Å². The molecule has 1 saturated heterocycles. The maximum atomic E-state index is 12.0. The number of epoxide rings is 1. The number of carbonyl (C=O) groups excluding carboxylic acids is 1. The van der Waals surface area contributed by atoms with Gasteiger partial charge < -0.3 is 4.74 Å². The van der Waals surface area contributed by atoms with E-state index in [0.29, 0.717) is 5.56 Å². The van der Waals surface area contributed by atoms with E-state index in [1.54, 1.807) is 12.1 Å². The van der Waals surface area contributed by atoms with Crippen LogP contribution in [0.3, 0.4) is 0 Å². The number of hydrogen-bond acceptors (Lipinski definition) is 2. The van der Waals surface area contributed by atoms with Crippen molar-refractivity contribution in [3.8, 4) is 11.8 Å². The molecular weight excluding hydrogens is 236 g/mol. The van der Waals surface area contributed by atoms with Gasteiger partial charge in [-0.25, -0.2) is 0 Å². The highest BCUT2D eigenvalue weighted by atomic mass is 16.6. The number of rotatable bonds is 2. The predicted octanol–water partition coefficient (Wildman–Crippen LogP) is 2.69. The van der Waals surface area contributed by atoms with Gasteiger partial charge in [-0.3, -0.25) is 4.79 Å². The number of ketones is 1. The molecule has 0 aliphatic carbocycles. The molecule has 2 aromatic carbocycles. The molecule has 1 fully saturated rings. The third kappa shape index (κ3) is 2.73. The minimum atomic E-state index is -0.404. The molecule has 2 aromatic rings. The molecule has 0 amide bonds. The lowest BCUT2D eigenvalue weighted by molar-refractivity contribution is 0.0953. The Kier molecular flexibility index (Phi) is 3.14. The molecule has 1 aliphatic rings. The van der Waals surface area contributed by atoms with Crippen LogP contribution >= 0.6 is 0 Å². The molecule has 1 aliphatic heterocycles. The molecule has 1 heterocycles. The molecule has 2 nitrogen and oxygen atoms in total. The van der Waals surface area contributed by atoms with Crippen molar-refractivity contribution < 1.29 is 9.53 Å². The monoisotopic (exact) mass is 248 g/mol. The standard InChI is InChI=1S/C17H12O2/c18-16(14-9-5-2-6-10-14)17-15(19-17)12-11-13-7-3-1-4-8-13/h1-10,15,17H. The Hall–Kier alpha value is -2.37. The van der Waals surface area contributed by atoms with Gasteiger partial charge in [0, 0.05) is 11.1 Å². The molecule has 2 heteroatoms. The van der Waals surface area contributed by atoms with E-state index in [9.17, 15) is 4.79 Å². The first-order chi connectivity index (χ1) is 9.34. The zero-order chi connectivity index (χ0) is 13.1. The van der Waals surface area contributed by atoms with Crippen LogP contribution in [0.15, 0.2) is 60.7 Å². The van der Waals surface area contributed by atoms with Crippen LogP contribution in [-0.2, 0) is 4.74 Å². The number of ether oxygens (including phenoxy) is 1. The quantitative estimate of drug-likeness (QED) is 0.464. The fourth-order valence-electron chi connectivity index (χ4n) is 1.86. The number of hydrogen-bond donors (Lipinski definition) is 0. The minimum absolute atomic E-state index is 0.00737. The second kappa shape index (κ2) is 5.09. The van der Waals surface area contributed by atoms with Crippen molar-refractivity contribution in [1.29, 1.82) is 0 Å². The Bertz CT molecular complexity index is 635. The Morgan fingerprint density at radius 2 is 1.58 bits per heavy atom. The lowest BCUT2D eigenvalue weighted by Crippen LogP contribution is -2.09. The van der Waals surface area contributed by atoms with Crippen molar-refractivity contribution in [2.45, 2.75) is 12.2 Å². The van der Waals surface area contributed by atoms with E-state index >= 15 is 0 Å². The van der Waals surface area contributed by atoms with Gasteiger partial charge in [0.25, 0.3) is 0 Å². The van der Waals surface area contributed by atoms with E-state index in [1.807, 2.05) is 48.5 Å². The zero-order valence-electron chi connectivity index (χ0n) is 10.2. The summed E-state index contributed by atoms with van der Waals surface area (Å²) >= 11 is 0. The highest BCUT2D eigenvalue weighted by molar-refractivity contribution is 6.01. The van der Waals surface area contributed by atoms with Crippen molar-refractivity contribution in [2.24, 2.45) is 0 Å². The van der Waals surface area contributed by atoms with E-state index in [4.69, 9.17) is 4.74 Å². The molecule has 92 valence electrons. The summed E-state index contributed by atoms with van der Waals surface area (Å²) in [4.78, 5) is 12.0. The smallest absolute Gasteiger partial charge is 0.195 e. The van der Waals surface area contributed by atoms with E-state index in [1.165, 1.54) is 0 Å². The average molecular weight is 248 g/mol. The first-order valence-electron chi connectivity index (χ1n) is 6.16. The molecule has 0 bridgehead atoms. The lowest BCUT2D eigenvalue weighted by Gasteiger charge is -1.94. The van der Waals surface area contributed by atoms with Crippen LogP contribution in [0.2, 0.25) is 0 Å². The summed E-state index contributed by atoms with van der Waals surface area (Å²) in [5, 5.41) is 0. The van der Waals surface area contributed by atoms with Gasteiger partial charge in [-0.15, -0.1) is 0 Å². The largest absolute Gasteiger partial charge is 0.347 e. The Balaban J connectivity index is 1.66. The van der Waals surface area contributed by atoms with E-state index in [-0.39, 0.29) is 11.9 Å². The summed E-state index contributed by atoms with van der Waals surface area (Å²) in [5.74, 6) is 6.00. The highest BCUT2D eigenvalue weighted by Crippen LogP contribution is 2.25. The Morgan fingerprint density at radius 3 is 2.26 bits per heavy atom. The third-order valence-corrected chi connectivity index (χ3v) is 2.94. The topological polar surface area (TPSA) is 29.6 Å². The molecule has 2 unspecified atom stereocenters. The zero-order valence-corrected chi connectivity index (χ0v) is 10.2. The van der Waals surface area contributed by atoms with Gasteiger partial charge in [-0.2, -0.15) is 0 Å². The number of carbonyl (C=O) groups is 1. The van der Waals surface area contributed by atoms with Crippen LogP contribution in [0.5, 0.6) is 0 Å². The maximum absolute atomic E-state index is 12.0. The van der Waals surface area contributed by atoms with E-state index in [2.05, 4.69) is 11.8 Å². The highest BCUT2D eigenvalue weighted by Gasteiger charge is 2.44. The summed E-state index contributed by atoms with van der Waals surface area (Å²) in [7, 11) is 0. The molecule has 0 N–H and O–H groups in total. The van der Waals surface area contributed by atoms with Gasteiger partial charge >= 0.3 is 0 Å². The molecule has 19 heavy (non-hydrogen) atoms. The minimum Gasteiger partial charge on any atom is -0.347 e. The van der Waals surface area contributed by atoms with Crippen molar-refractivity contribution in [1.82, 2.24) is 0 Å². The fraction of sp³-hybridized carbons (Fsp3) is 0.118. The van der Waals surface area contributed by atoms with Gasteiger partial charge in [0.2, 0.25) is 0 Å². The van der Waals surface area contributed by atoms with Crippen molar-refractivity contribution in [3.05, 3.63) is 71.8 Å². The van der Waals surface area contributed by atoms with Crippen molar-refractivity contribution in [3.63, 3.8) is 0 Å². The van der Waals surface area contributed by atoms with Crippen LogP contribution in [0.25, 0.3) is 0 Å². The molecule has 2 atom stereocenters. The fourth-order valence-corrected chi connectivity index (χ4v) is 1.86. The lowest BCUT2D eigenvalue weighted by atomic mass is 10.1. The van der Waals surface area contributed by atoms with Crippen LogP contribution < -0.4 is 0 Å². The maximum Gasteiger partial charge on any atom is 0.195 e. The van der Waals surface area contributed by atoms with Crippen LogP contribution in [0, 0.1) is 11.8 Å². The normalized spacial score (nSPS) is 20.2. The first kappa shape index (κ1) is 11.7. The van der Waals surface area contributed by atoms with E-state index in [0.717, 1.165) is 5.56 Å². The SMILES string of the molecule is O=C(c1ccccc1)C1OC1C#Cc1ccccc1. The number of benzene rings is 2. The molecule has 3 rings (SSSR count). The number of Topliss-reactive ketones (excluding diaryl/α,β-unsaturated/α-hetero) is 1. The average Bonchev–Trinajstić information content (AvgIpc) is 3.26. The van der Waals surface area contributed by atoms with Gasteiger partial charge in [0.15, 0.2) is 18.0 Å². The summed E-state index contributed by atoms with van der Waals surface area (Å²) < 4.78 is 5.33. The molecular formula is C17H12O2. The summed E-state index contributed by atoms with van der Waals surface area (Å²) in [6, 6.07) is 18.9. The second-order valence-corrected chi connectivity index (χ2v) is 4.34. The van der Waals surface area contributed by atoms with Gasteiger partial charge in [-0.05, 0) is 12.1 Å². The van der Waals surface area contributed by atoms with Gasteiger partial charge in [-0.1, -0.05) is 60.4 Å². The molecule has 0 aromatic heterocycles. The Labute approximate surface area is 112 Å². The molecule has 0 spiro atoms. The first-order valence-corrected chi connectivity index (χ1v) is 6.16. The summed E-state index contributed by atoms with van der Waals surface area (Å²) in [5.41, 5.74) is 1.61. The predicted molar refractivity (Wildman–Crippen MR) is 72.8 cm³/mol. The van der Waals surface area contributed by atoms with Crippen LogP contribution in [0.1, 0.15) is 15.9 Å². The van der Waals surface area contributed by atoms with E-state index < -0.39 is 6.10 Å². The van der Waals surface area contributed by atoms with Crippen molar-refractivity contribution >= 4 is 5.78 Å².